The van der Waals surface area contributed by atoms with Crippen molar-refractivity contribution < 1.29 is 28.2 Å². The second kappa shape index (κ2) is 12.2. The molecule has 1 fully saturated rings. The highest BCUT2D eigenvalue weighted by Crippen LogP contribution is 2.39. The first-order valence-corrected chi connectivity index (χ1v) is 12.8. The van der Waals surface area contributed by atoms with Crippen molar-refractivity contribution in [2.75, 3.05) is 19.0 Å². The number of ether oxygens (including phenoxy) is 2. The monoisotopic (exact) mass is 585 g/mol. The molecule has 0 atom stereocenters. The standard InChI is InChI=1S/C27H18Cl2FN3O5S/c1-37-22-9-15(8-20(29)25(22)38-14-17-5-3-2-4-16(17)12-31)10-23-26(35)33(27(36)39-23)13-24(34)32-18-6-7-21(30)19(28)11-18/h2-11H,13-14H2,1H3,(H,32,34)/b23-10-. The summed E-state index contributed by atoms with van der Waals surface area (Å²) in [4.78, 5) is 38.6. The summed E-state index contributed by atoms with van der Waals surface area (Å²) in [5, 5.41) is 11.1. The quantitative estimate of drug-likeness (QED) is 0.310. The van der Waals surface area contributed by atoms with Gasteiger partial charge in [0.2, 0.25) is 5.91 Å². The zero-order valence-electron chi connectivity index (χ0n) is 20.2. The number of carbonyl (C=O) groups is 3. The molecule has 12 heteroatoms. The van der Waals surface area contributed by atoms with E-state index in [0.717, 1.165) is 11.0 Å². The fourth-order valence-corrected chi connectivity index (χ4v) is 4.87. The molecule has 1 aliphatic rings. The summed E-state index contributed by atoms with van der Waals surface area (Å²) in [7, 11) is 1.42. The molecule has 0 bridgehead atoms. The lowest BCUT2D eigenvalue weighted by Gasteiger charge is -2.14. The Kier molecular flexibility index (Phi) is 8.76. The molecule has 1 saturated heterocycles. The van der Waals surface area contributed by atoms with Crippen molar-refractivity contribution in [1.29, 1.82) is 5.26 Å². The molecule has 3 aromatic carbocycles. The average Bonchev–Trinajstić information content (AvgIpc) is 3.17. The molecule has 1 heterocycles. The molecular formula is C27H18Cl2FN3O5S. The van der Waals surface area contributed by atoms with Gasteiger partial charge in [-0.1, -0.05) is 41.4 Å². The number of methoxy groups -OCH3 is 1. The Morgan fingerprint density at radius 3 is 2.64 bits per heavy atom. The SMILES string of the molecule is COc1cc(/C=C2\SC(=O)N(CC(=O)Nc3ccc(F)c(Cl)c3)C2=O)cc(Cl)c1OCc1ccccc1C#N. The van der Waals surface area contributed by atoms with Crippen LogP contribution < -0.4 is 14.8 Å². The van der Waals surface area contributed by atoms with Crippen LogP contribution in [0, 0.1) is 17.1 Å². The maximum Gasteiger partial charge on any atom is 0.294 e. The van der Waals surface area contributed by atoms with Gasteiger partial charge in [0.05, 0.1) is 33.7 Å². The first-order chi connectivity index (χ1) is 18.7. The first kappa shape index (κ1) is 28.0. The third-order valence-electron chi connectivity index (χ3n) is 5.44. The van der Waals surface area contributed by atoms with E-state index in [1.807, 2.05) is 0 Å². The van der Waals surface area contributed by atoms with Gasteiger partial charge in [0, 0.05) is 11.3 Å². The lowest BCUT2D eigenvalue weighted by Crippen LogP contribution is -2.36. The topological polar surface area (TPSA) is 109 Å². The highest BCUT2D eigenvalue weighted by molar-refractivity contribution is 8.18. The molecule has 1 aliphatic heterocycles. The number of benzene rings is 3. The number of rotatable bonds is 8. The number of thioether (sulfide) groups is 1. The average molecular weight is 586 g/mol. The second-order valence-corrected chi connectivity index (χ2v) is 9.84. The Morgan fingerprint density at radius 2 is 1.92 bits per heavy atom. The minimum absolute atomic E-state index is 0.0737. The lowest BCUT2D eigenvalue weighted by molar-refractivity contribution is -0.127. The summed E-state index contributed by atoms with van der Waals surface area (Å²) in [6.45, 7) is -0.470. The third kappa shape index (κ3) is 6.52. The molecule has 0 radical (unpaired) electrons. The number of nitriles is 1. The highest BCUT2D eigenvalue weighted by Gasteiger charge is 2.36. The van der Waals surface area contributed by atoms with E-state index in [1.54, 1.807) is 30.3 Å². The van der Waals surface area contributed by atoms with Crippen molar-refractivity contribution in [2.24, 2.45) is 0 Å². The van der Waals surface area contributed by atoms with Gasteiger partial charge >= 0.3 is 0 Å². The number of nitrogens with zero attached hydrogens (tertiary/aromatic N) is 2. The largest absolute Gasteiger partial charge is 0.493 e. The molecule has 0 spiro atoms. The van der Waals surface area contributed by atoms with Crippen LogP contribution in [-0.4, -0.2) is 35.6 Å². The Morgan fingerprint density at radius 1 is 1.15 bits per heavy atom. The molecule has 8 nitrogen and oxygen atoms in total. The van der Waals surface area contributed by atoms with E-state index in [1.165, 1.54) is 31.4 Å². The molecule has 0 unspecified atom stereocenters. The number of hydrogen-bond acceptors (Lipinski definition) is 7. The Hall–Kier alpha value is -4.04. The Balaban J connectivity index is 1.48. The van der Waals surface area contributed by atoms with Crippen LogP contribution in [0.2, 0.25) is 10.0 Å². The maximum absolute atomic E-state index is 13.3. The van der Waals surface area contributed by atoms with Crippen molar-refractivity contribution in [3.05, 3.63) is 92.1 Å². The molecule has 3 amide bonds. The van der Waals surface area contributed by atoms with Gasteiger partial charge in [-0.3, -0.25) is 19.3 Å². The van der Waals surface area contributed by atoms with Crippen LogP contribution in [0.25, 0.3) is 6.08 Å². The number of anilines is 1. The van der Waals surface area contributed by atoms with Crippen LogP contribution in [-0.2, 0) is 16.2 Å². The van der Waals surface area contributed by atoms with Crippen LogP contribution in [0.1, 0.15) is 16.7 Å². The number of nitrogens with one attached hydrogen (secondary N) is 1. The summed E-state index contributed by atoms with van der Waals surface area (Å²) in [6, 6.07) is 15.8. The molecule has 3 aromatic rings. The molecule has 39 heavy (non-hydrogen) atoms. The van der Waals surface area contributed by atoms with Crippen LogP contribution in [0.3, 0.4) is 0 Å². The zero-order valence-corrected chi connectivity index (χ0v) is 22.5. The van der Waals surface area contributed by atoms with Gasteiger partial charge < -0.3 is 14.8 Å². The number of imide groups is 1. The third-order valence-corrected chi connectivity index (χ3v) is 6.92. The van der Waals surface area contributed by atoms with E-state index in [4.69, 9.17) is 32.7 Å². The number of halogens is 3. The smallest absolute Gasteiger partial charge is 0.294 e. The summed E-state index contributed by atoms with van der Waals surface area (Å²) < 4.78 is 24.6. The van der Waals surface area contributed by atoms with E-state index in [-0.39, 0.29) is 38.7 Å². The molecule has 0 saturated carbocycles. The molecule has 0 aromatic heterocycles. The fourth-order valence-electron chi connectivity index (χ4n) is 3.57. The van der Waals surface area contributed by atoms with Crippen molar-refractivity contribution >= 4 is 63.8 Å². The lowest BCUT2D eigenvalue weighted by atomic mass is 10.1. The van der Waals surface area contributed by atoms with Crippen LogP contribution in [0.4, 0.5) is 14.9 Å². The zero-order chi connectivity index (χ0) is 28.1. The Labute approximate surface area is 236 Å². The predicted octanol–water partition coefficient (Wildman–Crippen LogP) is 6.27. The number of carbonyl (C=O) groups excluding carboxylic acids is 3. The molecule has 0 aliphatic carbocycles. The highest BCUT2D eigenvalue weighted by atomic mass is 35.5. The molecular weight excluding hydrogens is 568 g/mol. The van der Waals surface area contributed by atoms with Gasteiger partial charge in [0.25, 0.3) is 11.1 Å². The molecule has 1 N–H and O–H groups in total. The van der Waals surface area contributed by atoms with E-state index in [0.29, 0.717) is 28.5 Å². The van der Waals surface area contributed by atoms with Gasteiger partial charge in [-0.2, -0.15) is 5.26 Å². The molecule has 198 valence electrons. The van der Waals surface area contributed by atoms with Gasteiger partial charge in [-0.05, 0) is 59.8 Å². The summed E-state index contributed by atoms with van der Waals surface area (Å²) >= 11 is 12.8. The van der Waals surface area contributed by atoms with Gasteiger partial charge in [0.1, 0.15) is 19.0 Å². The van der Waals surface area contributed by atoms with Crippen molar-refractivity contribution in [2.45, 2.75) is 6.61 Å². The number of hydrogen-bond donors (Lipinski definition) is 1. The maximum atomic E-state index is 13.3. The van der Waals surface area contributed by atoms with E-state index in [2.05, 4.69) is 11.4 Å². The Bertz CT molecular complexity index is 1560. The first-order valence-electron chi connectivity index (χ1n) is 11.2. The van der Waals surface area contributed by atoms with E-state index >= 15 is 0 Å². The molecule has 4 rings (SSSR count). The minimum Gasteiger partial charge on any atom is -0.493 e. The van der Waals surface area contributed by atoms with Gasteiger partial charge in [-0.15, -0.1) is 0 Å². The van der Waals surface area contributed by atoms with Gasteiger partial charge in [-0.25, -0.2) is 4.39 Å². The summed E-state index contributed by atoms with van der Waals surface area (Å²) in [6.07, 6.45) is 1.45. The van der Waals surface area contributed by atoms with Crippen LogP contribution >= 0.6 is 35.0 Å². The normalized spacial score (nSPS) is 13.9. The van der Waals surface area contributed by atoms with Crippen molar-refractivity contribution in [3.8, 4) is 17.6 Å². The van der Waals surface area contributed by atoms with Gasteiger partial charge in [0.15, 0.2) is 11.5 Å². The van der Waals surface area contributed by atoms with E-state index < -0.39 is 29.4 Å². The van der Waals surface area contributed by atoms with Crippen LogP contribution in [0.5, 0.6) is 11.5 Å². The van der Waals surface area contributed by atoms with E-state index in [9.17, 15) is 24.0 Å². The summed E-state index contributed by atoms with van der Waals surface area (Å²) in [5.41, 5.74) is 1.81. The number of amides is 3. The van der Waals surface area contributed by atoms with Crippen LogP contribution in [0.15, 0.2) is 59.5 Å². The van der Waals surface area contributed by atoms with Crippen molar-refractivity contribution in [3.63, 3.8) is 0 Å². The minimum atomic E-state index is -0.666. The van der Waals surface area contributed by atoms with Crippen molar-refractivity contribution in [1.82, 2.24) is 4.90 Å². The predicted molar refractivity (Wildman–Crippen MR) is 146 cm³/mol. The second-order valence-electron chi connectivity index (χ2n) is 8.04. The fraction of sp³-hybridized carbons (Fsp3) is 0.111. The summed E-state index contributed by atoms with van der Waals surface area (Å²) in [5.74, 6) is -1.45.